The van der Waals surface area contributed by atoms with Crippen LogP contribution >= 0.6 is 0 Å². The molecule has 1 aliphatic carbocycles. The molecule has 3 N–H and O–H groups in total. The van der Waals surface area contributed by atoms with E-state index < -0.39 is 11.8 Å². The molecule has 1 saturated carbocycles. The van der Waals surface area contributed by atoms with Gasteiger partial charge in [-0.1, -0.05) is 0 Å². The second-order valence-corrected chi connectivity index (χ2v) is 4.95. The van der Waals surface area contributed by atoms with Gasteiger partial charge in [0.1, 0.15) is 5.82 Å². The molecule has 4 nitrogen and oxygen atoms in total. The van der Waals surface area contributed by atoms with Crippen molar-refractivity contribution in [3.8, 4) is 0 Å². The molecule has 0 amide bonds. The summed E-state index contributed by atoms with van der Waals surface area (Å²) in [6.07, 6.45) is 3.11. The highest BCUT2D eigenvalue weighted by Crippen LogP contribution is 2.36. The van der Waals surface area contributed by atoms with E-state index >= 15 is 0 Å². The van der Waals surface area contributed by atoms with Crippen LogP contribution in [0.5, 0.6) is 0 Å². The first-order valence-corrected chi connectivity index (χ1v) is 5.91. The SMILES string of the molecule is COC(=O)c1cc(NC2(C)CCC2)c(F)cc1N. The fraction of sp³-hybridized carbons (Fsp3) is 0.462. The van der Waals surface area contributed by atoms with Crippen LogP contribution in [0.15, 0.2) is 12.1 Å². The third kappa shape index (κ3) is 2.25. The van der Waals surface area contributed by atoms with Crippen molar-refractivity contribution in [1.29, 1.82) is 0 Å². The van der Waals surface area contributed by atoms with Crippen LogP contribution in [0.4, 0.5) is 15.8 Å². The van der Waals surface area contributed by atoms with Crippen molar-refractivity contribution in [1.82, 2.24) is 0 Å². The molecule has 0 aliphatic heterocycles. The minimum absolute atomic E-state index is 0.0867. The van der Waals surface area contributed by atoms with Gasteiger partial charge in [0, 0.05) is 11.2 Å². The molecular formula is C13H17FN2O2. The van der Waals surface area contributed by atoms with Gasteiger partial charge in [-0.25, -0.2) is 9.18 Å². The fourth-order valence-corrected chi connectivity index (χ4v) is 2.13. The molecule has 98 valence electrons. The van der Waals surface area contributed by atoms with Crippen molar-refractivity contribution < 1.29 is 13.9 Å². The summed E-state index contributed by atoms with van der Waals surface area (Å²) in [5, 5.41) is 3.13. The number of methoxy groups -OCH3 is 1. The van der Waals surface area contributed by atoms with E-state index in [9.17, 15) is 9.18 Å². The number of carbonyl (C=O) groups excluding carboxylic acids is 1. The van der Waals surface area contributed by atoms with Crippen LogP contribution in [0.2, 0.25) is 0 Å². The molecule has 0 spiro atoms. The molecule has 0 aromatic heterocycles. The molecule has 0 radical (unpaired) electrons. The zero-order valence-electron chi connectivity index (χ0n) is 10.5. The summed E-state index contributed by atoms with van der Waals surface area (Å²) in [5.41, 5.74) is 6.08. The second-order valence-electron chi connectivity index (χ2n) is 4.95. The van der Waals surface area contributed by atoms with E-state index in [1.54, 1.807) is 0 Å². The summed E-state index contributed by atoms with van der Waals surface area (Å²) in [5.74, 6) is -1.01. The molecule has 1 aromatic carbocycles. The number of halogens is 1. The molecule has 0 saturated heterocycles. The summed E-state index contributed by atoms with van der Waals surface area (Å²) < 4.78 is 18.4. The van der Waals surface area contributed by atoms with Crippen molar-refractivity contribution in [2.45, 2.75) is 31.7 Å². The van der Waals surface area contributed by atoms with Gasteiger partial charge in [0.2, 0.25) is 0 Å². The highest BCUT2D eigenvalue weighted by Gasteiger charge is 2.32. The predicted octanol–water partition coefficient (Wildman–Crippen LogP) is 2.55. The highest BCUT2D eigenvalue weighted by molar-refractivity contribution is 5.96. The zero-order chi connectivity index (χ0) is 13.3. The number of hydrogen-bond acceptors (Lipinski definition) is 4. The lowest BCUT2D eigenvalue weighted by atomic mass is 9.78. The van der Waals surface area contributed by atoms with Crippen molar-refractivity contribution in [2.24, 2.45) is 0 Å². The number of nitrogens with one attached hydrogen (secondary N) is 1. The molecule has 1 aromatic rings. The number of esters is 1. The molecule has 0 heterocycles. The predicted molar refractivity (Wildman–Crippen MR) is 68.0 cm³/mol. The van der Waals surface area contributed by atoms with Crippen LogP contribution in [0.1, 0.15) is 36.5 Å². The van der Waals surface area contributed by atoms with Gasteiger partial charge >= 0.3 is 5.97 Å². The maximum atomic E-state index is 13.8. The first-order chi connectivity index (χ1) is 8.45. The quantitative estimate of drug-likeness (QED) is 0.641. The van der Waals surface area contributed by atoms with Crippen LogP contribution in [-0.2, 0) is 4.74 Å². The van der Waals surface area contributed by atoms with Crippen molar-refractivity contribution in [3.63, 3.8) is 0 Å². The third-order valence-corrected chi connectivity index (χ3v) is 3.44. The van der Waals surface area contributed by atoms with Gasteiger partial charge in [0.05, 0.1) is 18.4 Å². The van der Waals surface area contributed by atoms with Gasteiger partial charge in [0.25, 0.3) is 0 Å². The normalized spacial score (nSPS) is 16.8. The Kier molecular flexibility index (Phi) is 3.15. The number of anilines is 2. The Balaban J connectivity index is 2.32. The largest absolute Gasteiger partial charge is 0.465 e. The zero-order valence-corrected chi connectivity index (χ0v) is 10.5. The van der Waals surface area contributed by atoms with Crippen LogP contribution < -0.4 is 11.1 Å². The van der Waals surface area contributed by atoms with Gasteiger partial charge < -0.3 is 15.8 Å². The first-order valence-electron chi connectivity index (χ1n) is 5.91. The van der Waals surface area contributed by atoms with Gasteiger partial charge in [0.15, 0.2) is 0 Å². The average molecular weight is 252 g/mol. The van der Waals surface area contributed by atoms with E-state index in [1.807, 2.05) is 6.92 Å². The first kappa shape index (κ1) is 12.7. The van der Waals surface area contributed by atoms with Crippen molar-refractivity contribution in [2.75, 3.05) is 18.2 Å². The molecule has 0 atom stereocenters. The Bertz CT molecular complexity index is 484. The number of carbonyl (C=O) groups is 1. The minimum atomic E-state index is -0.561. The van der Waals surface area contributed by atoms with E-state index in [4.69, 9.17) is 5.73 Å². The number of nitrogens with two attached hydrogens (primary N) is 1. The van der Waals surface area contributed by atoms with Crippen LogP contribution in [0.25, 0.3) is 0 Å². The van der Waals surface area contributed by atoms with Gasteiger partial charge in [-0.2, -0.15) is 0 Å². The number of ether oxygens (including phenoxy) is 1. The van der Waals surface area contributed by atoms with Crippen molar-refractivity contribution in [3.05, 3.63) is 23.5 Å². The smallest absolute Gasteiger partial charge is 0.340 e. The van der Waals surface area contributed by atoms with Crippen LogP contribution in [0, 0.1) is 5.82 Å². The molecule has 0 unspecified atom stereocenters. The second kappa shape index (κ2) is 4.48. The highest BCUT2D eigenvalue weighted by atomic mass is 19.1. The number of benzene rings is 1. The Morgan fingerprint density at radius 3 is 2.67 bits per heavy atom. The van der Waals surface area contributed by atoms with E-state index in [0.717, 1.165) is 25.3 Å². The third-order valence-electron chi connectivity index (χ3n) is 3.44. The van der Waals surface area contributed by atoms with Gasteiger partial charge in [-0.15, -0.1) is 0 Å². The van der Waals surface area contributed by atoms with Crippen molar-refractivity contribution >= 4 is 17.3 Å². The lowest BCUT2D eigenvalue weighted by molar-refractivity contribution is 0.0602. The molecule has 2 rings (SSSR count). The van der Waals surface area contributed by atoms with E-state index in [0.29, 0.717) is 5.69 Å². The Morgan fingerprint density at radius 2 is 2.17 bits per heavy atom. The van der Waals surface area contributed by atoms with E-state index in [1.165, 1.54) is 13.2 Å². The Hall–Kier alpha value is -1.78. The molecular weight excluding hydrogens is 235 g/mol. The van der Waals surface area contributed by atoms with Crippen LogP contribution in [0.3, 0.4) is 0 Å². The number of nitrogen functional groups attached to an aromatic ring is 1. The maximum absolute atomic E-state index is 13.8. The minimum Gasteiger partial charge on any atom is -0.465 e. The number of hydrogen-bond donors (Lipinski definition) is 2. The Morgan fingerprint density at radius 1 is 1.50 bits per heavy atom. The Labute approximate surface area is 105 Å². The lowest BCUT2D eigenvalue weighted by Gasteiger charge is -2.40. The molecule has 5 heteroatoms. The molecule has 1 fully saturated rings. The lowest BCUT2D eigenvalue weighted by Crippen LogP contribution is -2.41. The van der Waals surface area contributed by atoms with Crippen LogP contribution in [-0.4, -0.2) is 18.6 Å². The summed E-state index contributed by atoms with van der Waals surface area (Å²) in [6, 6.07) is 2.57. The average Bonchev–Trinajstić information content (AvgIpc) is 2.29. The van der Waals surface area contributed by atoms with E-state index in [2.05, 4.69) is 10.1 Å². The molecule has 0 bridgehead atoms. The van der Waals surface area contributed by atoms with E-state index in [-0.39, 0.29) is 16.8 Å². The topological polar surface area (TPSA) is 64.3 Å². The fourth-order valence-electron chi connectivity index (χ4n) is 2.13. The monoisotopic (exact) mass is 252 g/mol. The maximum Gasteiger partial charge on any atom is 0.340 e. The van der Waals surface area contributed by atoms with Gasteiger partial charge in [-0.3, -0.25) is 0 Å². The summed E-state index contributed by atoms with van der Waals surface area (Å²) >= 11 is 0. The summed E-state index contributed by atoms with van der Waals surface area (Å²) in [7, 11) is 1.27. The summed E-state index contributed by atoms with van der Waals surface area (Å²) in [4.78, 5) is 11.5. The molecule has 18 heavy (non-hydrogen) atoms. The van der Waals surface area contributed by atoms with Gasteiger partial charge in [-0.05, 0) is 38.3 Å². The summed E-state index contributed by atoms with van der Waals surface area (Å²) in [6.45, 7) is 2.03. The number of rotatable bonds is 3. The molecule has 1 aliphatic rings. The standard InChI is InChI=1S/C13H17FN2O2/c1-13(4-3-5-13)16-11-6-8(12(17)18-2)10(15)7-9(11)14/h6-7,16H,3-5,15H2,1-2H3.